The van der Waals surface area contributed by atoms with Gasteiger partial charge in [-0.25, -0.2) is 0 Å². The van der Waals surface area contributed by atoms with Crippen molar-refractivity contribution in [3.63, 3.8) is 0 Å². The normalized spacial score (nSPS) is 13.0. The number of rotatable bonds is 5. The summed E-state index contributed by atoms with van der Waals surface area (Å²) in [6, 6.07) is 14.1. The molecular formula is C16H12Cl2N2O4S. The molecule has 25 heavy (non-hydrogen) atoms. The number of nitrogens with zero attached hydrogens (tertiary/aromatic N) is 2. The molecule has 2 aromatic carbocycles. The predicted molar refractivity (Wildman–Crippen MR) is 95.4 cm³/mol. The number of hydrogen-bond acceptors (Lipinski definition) is 5. The molecule has 6 nitrogen and oxygen atoms in total. The van der Waals surface area contributed by atoms with Crippen molar-refractivity contribution in [2.75, 3.05) is 7.11 Å². The Labute approximate surface area is 155 Å². The van der Waals surface area contributed by atoms with Gasteiger partial charge in [-0.3, -0.25) is 0 Å². The number of methoxy groups -OCH3 is 1. The molecule has 0 aromatic heterocycles. The number of hydrogen-bond donors (Lipinski definition) is 0. The monoisotopic (exact) mass is 398 g/mol. The predicted octanol–water partition coefficient (Wildman–Crippen LogP) is 3.64. The first kappa shape index (κ1) is 19.1. The quantitative estimate of drug-likeness (QED) is 0.566. The van der Waals surface area contributed by atoms with E-state index in [1.54, 1.807) is 36.4 Å². The second kappa shape index (κ2) is 8.21. The maximum atomic E-state index is 12.4. The van der Waals surface area contributed by atoms with Gasteiger partial charge in [-0.1, -0.05) is 41.4 Å². The highest BCUT2D eigenvalue weighted by Gasteiger charge is 2.29. The molecule has 2 aromatic rings. The summed E-state index contributed by atoms with van der Waals surface area (Å²) >= 11 is 11.7. The average molecular weight is 399 g/mol. The Morgan fingerprint density at radius 1 is 1.20 bits per heavy atom. The van der Waals surface area contributed by atoms with Gasteiger partial charge in [0.25, 0.3) is 0 Å². The van der Waals surface area contributed by atoms with Crippen LogP contribution in [0.4, 0.5) is 0 Å². The Bertz CT molecular complexity index is 925. The van der Waals surface area contributed by atoms with E-state index in [4.69, 9.17) is 32.7 Å². The minimum atomic E-state index is -4.37. The van der Waals surface area contributed by atoms with E-state index in [1.165, 1.54) is 25.3 Å². The SMILES string of the molecule is CO/C(=N\S(=O)(=O)C(C#N)Oc1ccc(Cl)cc1Cl)c1ccccc1. The summed E-state index contributed by atoms with van der Waals surface area (Å²) in [6.45, 7) is 0. The van der Waals surface area contributed by atoms with E-state index >= 15 is 0 Å². The molecule has 0 fully saturated rings. The summed E-state index contributed by atoms with van der Waals surface area (Å²) in [5, 5.41) is 9.61. The Morgan fingerprint density at radius 3 is 2.44 bits per heavy atom. The van der Waals surface area contributed by atoms with Gasteiger partial charge in [-0.2, -0.15) is 13.7 Å². The van der Waals surface area contributed by atoms with Gasteiger partial charge in [0.15, 0.2) is 0 Å². The molecule has 0 spiro atoms. The van der Waals surface area contributed by atoms with Crippen LogP contribution in [0.2, 0.25) is 10.0 Å². The largest absolute Gasteiger partial charge is 0.480 e. The number of nitriles is 1. The van der Waals surface area contributed by atoms with Crippen LogP contribution in [0.1, 0.15) is 5.56 Å². The van der Waals surface area contributed by atoms with Crippen LogP contribution in [0.3, 0.4) is 0 Å². The van der Waals surface area contributed by atoms with Crippen molar-refractivity contribution >= 4 is 39.1 Å². The minimum absolute atomic E-state index is 0.00457. The van der Waals surface area contributed by atoms with Crippen molar-refractivity contribution in [2.45, 2.75) is 5.44 Å². The molecule has 0 aliphatic heterocycles. The van der Waals surface area contributed by atoms with E-state index in [1.807, 2.05) is 0 Å². The van der Waals surface area contributed by atoms with Gasteiger partial charge < -0.3 is 9.47 Å². The van der Waals surface area contributed by atoms with Crippen molar-refractivity contribution in [3.8, 4) is 11.8 Å². The second-order valence-electron chi connectivity index (χ2n) is 4.64. The highest BCUT2D eigenvalue weighted by Crippen LogP contribution is 2.29. The van der Waals surface area contributed by atoms with Crippen LogP contribution < -0.4 is 4.74 Å². The van der Waals surface area contributed by atoms with E-state index in [9.17, 15) is 13.7 Å². The lowest BCUT2D eigenvalue weighted by Gasteiger charge is -2.13. The van der Waals surface area contributed by atoms with E-state index in [-0.39, 0.29) is 16.7 Å². The number of sulfonamides is 1. The van der Waals surface area contributed by atoms with Gasteiger partial charge >= 0.3 is 15.5 Å². The Kier molecular flexibility index (Phi) is 6.26. The molecule has 0 saturated carbocycles. The summed E-state index contributed by atoms with van der Waals surface area (Å²) in [4.78, 5) is 0. The molecule has 9 heteroatoms. The van der Waals surface area contributed by atoms with Crippen LogP contribution in [0, 0.1) is 11.3 Å². The number of halogens is 2. The molecule has 1 atom stereocenters. The lowest BCUT2D eigenvalue weighted by molar-refractivity contribution is 0.322. The fourth-order valence-electron chi connectivity index (χ4n) is 1.79. The molecule has 0 bridgehead atoms. The zero-order valence-electron chi connectivity index (χ0n) is 12.9. The Morgan fingerprint density at radius 2 is 1.88 bits per heavy atom. The third-order valence-corrected chi connectivity index (χ3v) is 4.62. The van der Waals surface area contributed by atoms with Crippen LogP contribution in [-0.2, 0) is 14.8 Å². The van der Waals surface area contributed by atoms with Crippen LogP contribution in [0.5, 0.6) is 5.75 Å². The fraction of sp³-hybridized carbons (Fsp3) is 0.125. The molecule has 0 heterocycles. The summed E-state index contributed by atoms with van der Waals surface area (Å²) in [6.07, 6.45) is 0. The molecule has 0 N–H and O–H groups in total. The standard InChI is InChI=1S/C16H12Cl2N2O4S/c1-23-16(11-5-3-2-4-6-11)20-25(21,22)15(10-19)24-14-8-7-12(17)9-13(14)18/h2-9,15H,1H3/b20-16-. The second-order valence-corrected chi connectivity index (χ2v) is 7.12. The molecule has 0 saturated heterocycles. The van der Waals surface area contributed by atoms with Crippen LogP contribution in [0.25, 0.3) is 0 Å². The molecule has 1 unspecified atom stereocenters. The first-order valence-electron chi connectivity index (χ1n) is 6.82. The van der Waals surface area contributed by atoms with Gasteiger partial charge in [-0.05, 0) is 30.3 Å². The first-order valence-corrected chi connectivity index (χ1v) is 9.08. The first-order chi connectivity index (χ1) is 11.9. The van der Waals surface area contributed by atoms with Gasteiger partial charge in [-0.15, -0.1) is 4.40 Å². The molecule has 0 radical (unpaired) electrons. The van der Waals surface area contributed by atoms with Crippen LogP contribution >= 0.6 is 23.2 Å². The van der Waals surface area contributed by atoms with Crippen molar-refractivity contribution in [1.82, 2.24) is 0 Å². The lowest BCUT2D eigenvalue weighted by atomic mass is 10.2. The van der Waals surface area contributed by atoms with E-state index in [2.05, 4.69) is 4.40 Å². The van der Waals surface area contributed by atoms with Gasteiger partial charge in [0, 0.05) is 10.6 Å². The molecular weight excluding hydrogens is 387 g/mol. The molecule has 0 aliphatic carbocycles. The summed E-state index contributed by atoms with van der Waals surface area (Å²) in [5.41, 5.74) is -1.46. The number of ether oxygens (including phenoxy) is 2. The molecule has 130 valence electrons. The Balaban J connectivity index is 2.35. The van der Waals surface area contributed by atoms with Crippen molar-refractivity contribution in [3.05, 3.63) is 64.1 Å². The van der Waals surface area contributed by atoms with Gasteiger partial charge in [0.2, 0.25) is 5.90 Å². The maximum absolute atomic E-state index is 12.4. The van der Waals surface area contributed by atoms with Crippen molar-refractivity contribution < 1.29 is 17.9 Å². The molecule has 0 amide bonds. The van der Waals surface area contributed by atoms with Crippen molar-refractivity contribution in [2.24, 2.45) is 4.40 Å². The number of benzene rings is 2. The van der Waals surface area contributed by atoms with Crippen LogP contribution in [-0.4, -0.2) is 26.9 Å². The zero-order chi connectivity index (χ0) is 18.4. The van der Waals surface area contributed by atoms with E-state index in [0.717, 1.165) is 0 Å². The third kappa shape index (κ3) is 4.86. The summed E-state index contributed by atoms with van der Waals surface area (Å²) in [5.74, 6) is -0.165. The Hall–Kier alpha value is -2.27. The highest BCUT2D eigenvalue weighted by molar-refractivity contribution is 7.91. The van der Waals surface area contributed by atoms with E-state index in [0.29, 0.717) is 10.6 Å². The zero-order valence-corrected chi connectivity index (χ0v) is 15.2. The van der Waals surface area contributed by atoms with Gasteiger partial charge in [0.1, 0.15) is 11.8 Å². The average Bonchev–Trinajstić information content (AvgIpc) is 2.59. The topological polar surface area (TPSA) is 88.8 Å². The minimum Gasteiger partial charge on any atom is -0.480 e. The summed E-state index contributed by atoms with van der Waals surface area (Å²) < 4.78 is 38.6. The van der Waals surface area contributed by atoms with Crippen LogP contribution in [0.15, 0.2) is 52.9 Å². The third-order valence-electron chi connectivity index (χ3n) is 2.93. The van der Waals surface area contributed by atoms with Crippen molar-refractivity contribution in [1.29, 1.82) is 5.26 Å². The molecule has 0 aliphatic rings. The maximum Gasteiger partial charge on any atom is 0.309 e. The van der Waals surface area contributed by atoms with Gasteiger partial charge in [0.05, 0.1) is 12.1 Å². The lowest BCUT2D eigenvalue weighted by Crippen LogP contribution is -2.25. The highest BCUT2D eigenvalue weighted by atomic mass is 35.5. The van der Waals surface area contributed by atoms with E-state index < -0.39 is 15.5 Å². The summed E-state index contributed by atoms with van der Waals surface area (Å²) in [7, 11) is -3.09. The smallest absolute Gasteiger partial charge is 0.309 e. The fourth-order valence-corrected chi connectivity index (χ4v) is 3.11. The molecule has 2 rings (SSSR count).